The fourth-order valence-corrected chi connectivity index (χ4v) is 3.39. The highest BCUT2D eigenvalue weighted by Gasteiger charge is 2.44. The second kappa shape index (κ2) is 8.07. The van der Waals surface area contributed by atoms with Gasteiger partial charge in [-0.15, -0.1) is 0 Å². The van der Waals surface area contributed by atoms with Gasteiger partial charge in [-0.2, -0.15) is 0 Å². The molecule has 29 heavy (non-hydrogen) atoms. The van der Waals surface area contributed by atoms with Gasteiger partial charge in [-0.05, 0) is 49.6 Å². The zero-order chi connectivity index (χ0) is 20.3. The van der Waals surface area contributed by atoms with E-state index in [1.165, 1.54) is 23.3 Å². The summed E-state index contributed by atoms with van der Waals surface area (Å²) in [5.74, 6) is 1.11. The summed E-state index contributed by atoms with van der Waals surface area (Å²) in [6.07, 6.45) is 3.84. The fraction of sp³-hybridized carbons (Fsp3) is 0.304. The number of aliphatic imine (C=N–C) groups is 1. The van der Waals surface area contributed by atoms with Crippen molar-refractivity contribution in [2.75, 3.05) is 13.6 Å². The predicted octanol–water partition coefficient (Wildman–Crippen LogP) is 4.19. The van der Waals surface area contributed by atoms with Crippen molar-refractivity contribution in [1.29, 1.82) is 0 Å². The summed E-state index contributed by atoms with van der Waals surface area (Å²) in [5, 5.41) is 6.66. The van der Waals surface area contributed by atoms with Crippen LogP contribution in [0.4, 0.5) is 4.39 Å². The molecule has 0 unspecified atom stereocenters. The lowest BCUT2D eigenvalue weighted by Gasteiger charge is -2.18. The quantitative estimate of drug-likeness (QED) is 0.488. The van der Waals surface area contributed by atoms with Gasteiger partial charge >= 0.3 is 0 Å². The number of aryl methyl sites for hydroxylation is 1. The summed E-state index contributed by atoms with van der Waals surface area (Å²) < 4.78 is 18.8. The number of oxazole rings is 1. The van der Waals surface area contributed by atoms with E-state index in [-0.39, 0.29) is 11.2 Å². The van der Waals surface area contributed by atoms with Crippen molar-refractivity contribution in [2.24, 2.45) is 4.99 Å². The number of halogens is 1. The molecule has 1 aliphatic carbocycles. The standard InChI is InChI=1S/C23H25FN4O/c1-16-3-5-17(6-4-16)21-28-20(14-29-21)13-26-22(25-2)27-15-23(11-12-23)18-7-9-19(24)10-8-18/h3-10,14H,11-13,15H2,1-2H3,(H2,25,26,27). The molecule has 0 amide bonds. The van der Waals surface area contributed by atoms with Gasteiger partial charge in [-0.3, -0.25) is 4.99 Å². The highest BCUT2D eigenvalue weighted by atomic mass is 19.1. The Hall–Kier alpha value is -3.15. The van der Waals surface area contributed by atoms with Crippen LogP contribution in [-0.2, 0) is 12.0 Å². The number of aromatic nitrogens is 1. The summed E-state index contributed by atoms with van der Waals surface area (Å²) in [5.41, 5.74) is 4.20. The summed E-state index contributed by atoms with van der Waals surface area (Å²) in [6.45, 7) is 3.32. The van der Waals surface area contributed by atoms with Crippen molar-refractivity contribution in [3.63, 3.8) is 0 Å². The molecule has 0 radical (unpaired) electrons. The maximum atomic E-state index is 13.2. The Balaban J connectivity index is 1.32. The van der Waals surface area contributed by atoms with Crippen molar-refractivity contribution in [2.45, 2.75) is 31.7 Å². The molecule has 2 N–H and O–H groups in total. The number of benzene rings is 2. The minimum absolute atomic E-state index is 0.0673. The molecular weight excluding hydrogens is 367 g/mol. The number of hydrogen-bond donors (Lipinski definition) is 2. The van der Waals surface area contributed by atoms with E-state index in [0.29, 0.717) is 18.4 Å². The molecule has 1 aliphatic rings. The van der Waals surface area contributed by atoms with Gasteiger partial charge in [0.15, 0.2) is 5.96 Å². The molecule has 1 aromatic heterocycles. The van der Waals surface area contributed by atoms with Crippen LogP contribution < -0.4 is 10.6 Å². The first kappa shape index (κ1) is 19.2. The topological polar surface area (TPSA) is 62.5 Å². The van der Waals surface area contributed by atoms with Crippen LogP contribution in [0, 0.1) is 12.7 Å². The molecule has 0 saturated heterocycles. The van der Waals surface area contributed by atoms with E-state index < -0.39 is 0 Å². The fourth-order valence-electron chi connectivity index (χ4n) is 3.39. The lowest BCUT2D eigenvalue weighted by Crippen LogP contribution is -2.40. The number of nitrogens with one attached hydrogen (secondary N) is 2. The summed E-state index contributed by atoms with van der Waals surface area (Å²) in [4.78, 5) is 8.84. The van der Waals surface area contributed by atoms with E-state index in [2.05, 4.69) is 27.5 Å². The molecular formula is C23H25FN4O. The Bertz CT molecular complexity index is 988. The molecule has 4 rings (SSSR count). The van der Waals surface area contributed by atoms with Crippen LogP contribution in [-0.4, -0.2) is 24.5 Å². The first-order valence-electron chi connectivity index (χ1n) is 9.80. The van der Waals surface area contributed by atoms with Gasteiger partial charge in [0.25, 0.3) is 0 Å². The number of guanidine groups is 1. The van der Waals surface area contributed by atoms with Gasteiger partial charge in [0.1, 0.15) is 12.1 Å². The molecule has 150 valence electrons. The van der Waals surface area contributed by atoms with E-state index >= 15 is 0 Å². The van der Waals surface area contributed by atoms with Gasteiger partial charge < -0.3 is 15.1 Å². The van der Waals surface area contributed by atoms with Crippen molar-refractivity contribution < 1.29 is 8.81 Å². The van der Waals surface area contributed by atoms with Crippen LogP contribution >= 0.6 is 0 Å². The predicted molar refractivity (Wildman–Crippen MR) is 112 cm³/mol. The third-order valence-corrected chi connectivity index (χ3v) is 5.42. The zero-order valence-corrected chi connectivity index (χ0v) is 16.7. The van der Waals surface area contributed by atoms with Gasteiger partial charge in [-0.1, -0.05) is 29.8 Å². The van der Waals surface area contributed by atoms with Crippen molar-refractivity contribution in [1.82, 2.24) is 15.6 Å². The van der Waals surface area contributed by atoms with Gasteiger partial charge in [-0.25, -0.2) is 9.37 Å². The Morgan fingerprint density at radius 2 is 1.83 bits per heavy atom. The Morgan fingerprint density at radius 3 is 2.48 bits per heavy atom. The van der Waals surface area contributed by atoms with E-state index in [1.54, 1.807) is 13.3 Å². The Morgan fingerprint density at radius 1 is 1.10 bits per heavy atom. The lowest BCUT2D eigenvalue weighted by atomic mass is 9.96. The summed E-state index contributed by atoms with van der Waals surface area (Å²) in [7, 11) is 1.74. The van der Waals surface area contributed by atoms with Crippen molar-refractivity contribution in [3.8, 4) is 11.5 Å². The molecule has 0 atom stereocenters. The van der Waals surface area contributed by atoms with Gasteiger partial charge in [0.2, 0.25) is 5.89 Å². The SMILES string of the molecule is CN=C(NCc1coc(-c2ccc(C)cc2)n1)NCC1(c2ccc(F)cc2)CC1. The molecule has 3 aromatic rings. The Labute approximate surface area is 170 Å². The molecule has 1 heterocycles. The van der Waals surface area contributed by atoms with Crippen LogP contribution in [0.15, 0.2) is 64.2 Å². The average molecular weight is 392 g/mol. The first-order chi connectivity index (χ1) is 14.1. The summed E-state index contributed by atoms with van der Waals surface area (Å²) in [6, 6.07) is 14.9. The second-order valence-electron chi connectivity index (χ2n) is 7.58. The monoisotopic (exact) mass is 392 g/mol. The molecule has 2 aromatic carbocycles. The summed E-state index contributed by atoms with van der Waals surface area (Å²) >= 11 is 0. The number of rotatable bonds is 6. The Kier molecular flexibility index (Phi) is 5.34. The van der Waals surface area contributed by atoms with Crippen LogP contribution in [0.2, 0.25) is 0 Å². The third-order valence-electron chi connectivity index (χ3n) is 5.42. The zero-order valence-electron chi connectivity index (χ0n) is 16.7. The smallest absolute Gasteiger partial charge is 0.226 e. The van der Waals surface area contributed by atoms with Crippen LogP contribution in [0.1, 0.15) is 29.7 Å². The van der Waals surface area contributed by atoms with Gasteiger partial charge in [0.05, 0.1) is 12.2 Å². The minimum atomic E-state index is -0.201. The molecule has 0 spiro atoms. The first-order valence-corrected chi connectivity index (χ1v) is 9.80. The maximum absolute atomic E-state index is 13.2. The van der Waals surface area contributed by atoms with Crippen molar-refractivity contribution >= 4 is 5.96 Å². The number of hydrogen-bond acceptors (Lipinski definition) is 3. The van der Waals surface area contributed by atoms with Crippen LogP contribution in [0.25, 0.3) is 11.5 Å². The highest BCUT2D eigenvalue weighted by molar-refractivity contribution is 5.79. The maximum Gasteiger partial charge on any atom is 0.226 e. The van der Waals surface area contributed by atoms with E-state index in [9.17, 15) is 4.39 Å². The molecule has 1 fully saturated rings. The molecule has 5 nitrogen and oxygen atoms in total. The molecule has 0 aliphatic heterocycles. The number of nitrogens with zero attached hydrogens (tertiary/aromatic N) is 2. The average Bonchev–Trinajstić information content (AvgIpc) is 3.38. The molecule has 1 saturated carbocycles. The normalized spacial score (nSPS) is 15.2. The molecule has 6 heteroatoms. The van der Waals surface area contributed by atoms with Gasteiger partial charge in [0, 0.05) is 24.6 Å². The minimum Gasteiger partial charge on any atom is -0.444 e. The van der Waals surface area contributed by atoms with E-state index in [4.69, 9.17) is 4.42 Å². The third kappa shape index (κ3) is 4.47. The van der Waals surface area contributed by atoms with E-state index in [1.807, 2.05) is 36.4 Å². The molecule has 0 bridgehead atoms. The highest BCUT2D eigenvalue weighted by Crippen LogP contribution is 2.47. The van der Waals surface area contributed by atoms with Crippen LogP contribution in [0.5, 0.6) is 0 Å². The van der Waals surface area contributed by atoms with Crippen molar-refractivity contribution in [3.05, 3.63) is 77.4 Å². The van der Waals surface area contributed by atoms with E-state index in [0.717, 1.165) is 30.6 Å². The van der Waals surface area contributed by atoms with Crippen LogP contribution in [0.3, 0.4) is 0 Å². The second-order valence-corrected chi connectivity index (χ2v) is 7.58. The lowest BCUT2D eigenvalue weighted by molar-refractivity contribution is 0.572. The largest absolute Gasteiger partial charge is 0.444 e.